The molecule has 1 N–H and O–H groups in total. The molecule has 4 rings (SSSR count). The first-order valence-electron chi connectivity index (χ1n) is 9.84. The minimum Gasteiger partial charge on any atom is -0.482 e. The van der Waals surface area contributed by atoms with Crippen molar-refractivity contribution in [3.05, 3.63) is 64.5 Å². The van der Waals surface area contributed by atoms with Crippen molar-refractivity contribution in [2.24, 2.45) is 0 Å². The Labute approximate surface area is 193 Å². The van der Waals surface area contributed by atoms with Crippen LogP contribution in [-0.2, 0) is 14.3 Å². The molecular formula is C23H19ClN2O5S. The lowest BCUT2D eigenvalue weighted by molar-refractivity contribution is -0.123. The largest absolute Gasteiger partial charge is 0.482 e. The molecule has 1 aliphatic heterocycles. The van der Waals surface area contributed by atoms with Crippen LogP contribution in [0.15, 0.2) is 53.9 Å². The van der Waals surface area contributed by atoms with Gasteiger partial charge >= 0.3 is 5.97 Å². The van der Waals surface area contributed by atoms with Gasteiger partial charge in [-0.15, -0.1) is 11.3 Å². The van der Waals surface area contributed by atoms with Crippen LogP contribution in [0.1, 0.15) is 17.3 Å². The molecule has 0 bridgehead atoms. The molecule has 0 atom stereocenters. The van der Waals surface area contributed by atoms with E-state index in [1.54, 1.807) is 60.8 Å². The molecule has 0 spiro atoms. The van der Waals surface area contributed by atoms with Crippen LogP contribution in [0.25, 0.3) is 11.1 Å². The van der Waals surface area contributed by atoms with Crippen molar-refractivity contribution in [3.63, 3.8) is 0 Å². The molecule has 2 heterocycles. The zero-order chi connectivity index (χ0) is 22.7. The molecule has 2 aromatic carbocycles. The molecule has 1 aromatic heterocycles. The van der Waals surface area contributed by atoms with Crippen molar-refractivity contribution < 1.29 is 23.9 Å². The second-order valence-electron chi connectivity index (χ2n) is 6.87. The predicted molar refractivity (Wildman–Crippen MR) is 124 cm³/mol. The number of nitrogens with one attached hydrogen (secondary N) is 1. The Balaban J connectivity index is 1.60. The van der Waals surface area contributed by atoms with E-state index in [4.69, 9.17) is 21.1 Å². The Bertz CT molecular complexity index is 1180. The number of nitrogens with zero attached hydrogens (tertiary/aromatic N) is 1. The first-order chi connectivity index (χ1) is 15.5. The molecule has 0 radical (unpaired) electrons. The number of halogens is 1. The predicted octanol–water partition coefficient (Wildman–Crippen LogP) is 4.61. The van der Waals surface area contributed by atoms with Crippen LogP contribution in [0.5, 0.6) is 5.75 Å². The Hall–Kier alpha value is -3.36. The third kappa shape index (κ3) is 4.46. The van der Waals surface area contributed by atoms with Gasteiger partial charge in [0.05, 0.1) is 12.3 Å². The Morgan fingerprint density at radius 1 is 1.19 bits per heavy atom. The first kappa shape index (κ1) is 21.9. The van der Waals surface area contributed by atoms with E-state index in [1.807, 2.05) is 0 Å². The Morgan fingerprint density at radius 3 is 2.69 bits per heavy atom. The zero-order valence-corrected chi connectivity index (χ0v) is 18.7. The van der Waals surface area contributed by atoms with E-state index in [0.29, 0.717) is 27.0 Å². The third-order valence-corrected chi connectivity index (χ3v) is 5.94. The molecular weight excluding hydrogens is 452 g/mol. The summed E-state index contributed by atoms with van der Waals surface area (Å²) in [4.78, 5) is 39.3. The molecule has 7 nitrogen and oxygen atoms in total. The Morgan fingerprint density at radius 2 is 1.94 bits per heavy atom. The monoisotopic (exact) mass is 470 g/mol. The Kier molecular flexibility index (Phi) is 6.43. The van der Waals surface area contributed by atoms with Gasteiger partial charge in [-0.2, -0.15) is 0 Å². The summed E-state index contributed by atoms with van der Waals surface area (Å²) >= 11 is 7.19. The minimum atomic E-state index is -0.540. The number of rotatable bonds is 6. The van der Waals surface area contributed by atoms with E-state index in [1.165, 1.54) is 16.2 Å². The minimum absolute atomic E-state index is 0.141. The van der Waals surface area contributed by atoms with Crippen molar-refractivity contribution in [2.45, 2.75) is 6.92 Å². The number of amides is 2. The third-order valence-electron chi connectivity index (χ3n) is 4.79. The number of carbonyl (C=O) groups excluding carboxylic acids is 3. The summed E-state index contributed by atoms with van der Waals surface area (Å²) in [5.74, 6) is -0.766. The van der Waals surface area contributed by atoms with Crippen LogP contribution in [0.2, 0.25) is 5.02 Å². The van der Waals surface area contributed by atoms with Gasteiger partial charge in [0.2, 0.25) is 5.91 Å². The number of ether oxygens (including phenoxy) is 2. The van der Waals surface area contributed by atoms with Gasteiger partial charge in [0.15, 0.2) is 6.61 Å². The van der Waals surface area contributed by atoms with Gasteiger partial charge in [-0.1, -0.05) is 35.9 Å². The van der Waals surface area contributed by atoms with E-state index in [0.717, 1.165) is 5.56 Å². The molecule has 2 amide bonds. The number of benzene rings is 2. The lowest BCUT2D eigenvalue weighted by Crippen LogP contribution is -2.43. The maximum Gasteiger partial charge on any atom is 0.341 e. The second kappa shape index (κ2) is 9.42. The molecule has 0 unspecified atom stereocenters. The number of fused-ring (bicyclic) bond motifs is 1. The molecule has 1 aliphatic rings. The van der Waals surface area contributed by atoms with Crippen LogP contribution >= 0.6 is 22.9 Å². The molecule has 3 aromatic rings. The lowest BCUT2D eigenvalue weighted by atomic mass is 10.0. The normalized spacial score (nSPS) is 12.7. The molecule has 0 aliphatic carbocycles. The topological polar surface area (TPSA) is 84.9 Å². The van der Waals surface area contributed by atoms with E-state index in [9.17, 15) is 14.4 Å². The van der Waals surface area contributed by atoms with Crippen molar-refractivity contribution in [1.29, 1.82) is 0 Å². The maximum atomic E-state index is 12.9. The molecule has 164 valence electrons. The average molecular weight is 471 g/mol. The number of esters is 1. The van der Waals surface area contributed by atoms with Crippen LogP contribution in [0, 0.1) is 0 Å². The quantitative estimate of drug-likeness (QED) is 0.532. The maximum absolute atomic E-state index is 12.9. The van der Waals surface area contributed by atoms with E-state index < -0.39 is 11.9 Å². The van der Waals surface area contributed by atoms with Crippen LogP contribution in [-0.4, -0.2) is 37.5 Å². The zero-order valence-electron chi connectivity index (χ0n) is 17.1. The van der Waals surface area contributed by atoms with Crippen LogP contribution < -0.4 is 15.0 Å². The number of hydrogen-bond acceptors (Lipinski definition) is 6. The fourth-order valence-corrected chi connectivity index (χ4v) is 4.43. The summed E-state index contributed by atoms with van der Waals surface area (Å²) in [5.41, 5.74) is 2.19. The number of anilines is 2. The number of carbonyl (C=O) groups is 3. The van der Waals surface area contributed by atoms with Crippen molar-refractivity contribution in [3.8, 4) is 16.9 Å². The fraction of sp³-hybridized carbons (Fsp3) is 0.174. The highest BCUT2D eigenvalue weighted by atomic mass is 35.5. The SMILES string of the molecule is CCOC(=O)c1c(-c2ccc(Cl)cc2)csc1NC(=O)CN1C(=O)COc2ccccc21. The molecule has 0 fully saturated rings. The van der Waals surface area contributed by atoms with Crippen LogP contribution in [0.4, 0.5) is 10.7 Å². The second-order valence-corrected chi connectivity index (χ2v) is 8.18. The van der Waals surface area contributed by atoms with Crippen molar-refractivity contribution in [2.75, 3.05) is 30.0 Å². The van der Waals surface area contributed by atoms with Crippen molar-refractivity contribution in [1.82, 2.24) is 0 Å². The summed E-state index contributed by atoms with van der Waals surface area (Å²) < 4.78 is 10.6. The fourth-order valence-electron chi connectivity index (χ4n) is 3.33. The van der Waals surface area contributed by atoms with E-state index >= 15 is 0 Å². The smallest absolute Gasteiger partial charge is 0.341 e. The van der Waals surface area contributed by atoms with E-state index in [2.05, 4.69) is 5.32 Å². The number of thiophene rings is 1. The van der Waals surface area contributed by atoms with Gasteiger partial charge < -0.3 is 14.8 Å². The summed E-state index contributed by atoms with van der Waals surface area (Å²) in [7, 11) is 0. The summed E-state index contributed by atoms with van der Waals surface area (Å²) in [6.45, 7) is 1.56. The van der Waals surface area contributed by atoms with Gasteiger partial charge in [-0.25, -0.2) is 4.79 Å². The average Bonchev–Trinajstić information content (AvgIpc) is 3.20. The molecule has 9 heteroatoms. The number of hydrogen-bond donors (Lipinski definition) is 1. The summed E-state index contributed by atoms with van der Waals surface area (Å²) in [6.07, 6.45) is 0. The van der Waals surface area contributed by atoms with Gasteiger partial charge in [0, 0.05) is 16.0 Å². The summed E-state index contributed by atoms with van der Waals surface area (Å²) in [6, 6.07) is 14.1. The van der Waals surface area contributed by atoms with Gasteiger partial charge in [-0.3, -0.25) is 14.5 Å². The lowest BCUT2D eigenvalue weighted by Gasteiger charge is -2.28. The standard InChI is InChI=1S/C23H19ClN2O5S/c1-2-30-23(29)21-16(14-7-9-15(24)10-8-14)13-32-22(21)25-19(27)11-26-17-5-3-4-6-18(17)31-12-20(26)28/h3-10,13H,2,11-12H2,1H3,(H,25,27). The van der Waals surface area contributed by atoms with Crippen molar-refractivity contribution >= 4 is 51.4 Å². The van der Waals surface area contributed by atoms with E-state index in [-0.39, 0.29) is 31.2 Å². The molecule has 0 saturated heterocycles. The van der Waals surface area contributed by atoms with Crippen LogP contribution in [0.3, 0.4) is 0 Å². The summed E-state index contributed by atoms with van der Waals surface area (Å²) in [5, 5.41) is 5.47. The highest BCUT2D eigenvalue weighted by molar-refractivity contribution is 7.15. The molecule has 32 heavy (non-hydrogen) atoms. The highest BCUT2D eigenvalue weighted by Crippen LogP contribution is 2.37. The number of para-hydroxylation sites is 2. The van der Waals surface area contributed by atoms with Gasteiger partial charge in [0.25, 0.3) is 5.91 Å². The highest BCUT2D eigenvalue weighted by Gasteiger charge is 2.28. The molecule has 0 saturated carbocycles. The first-order valence-corrected chi connectivity index (χ1v) is 11.1. The van der Waals surface area contributed by atoms with Gasteiger partial charge in [-0.05, 0) is 36.8 Å². The van der Waals surface area contributed by atoms with Gasteiger partial charge in [0.1, 0.15) is 22.9 Å².